The van der Waals surface area contributed by atoms with Crippen LogP contribution in [0, 0.1) is 17.8 Å². The van der Waals surface area contributed by atoms with Crippen molar-refractivity contribution in [1.82, 2.24) is 0 Å². The Morgan fingerprint density at radius 1 is 1.23 bits per heavy atom. The monoisotopic (exact) mass is 186 g/mol. The van der Waals surface area contributed by atoms with Crippen molar-refractivity contribution in [1.29, 1.82) is 0 Å². The van der Waals surface area contributed by atoms with Gasteiger partial charge >= 0.3 is 11.9 Å². The van der Waals surface area contributed by atoms with Crippen LogP contribution in [0.3, 0.4) is 0 Å². The molecule has 4 nitrogen and oxygen atoms in total. The third-order valence-electron chi connectivity index (χ3n) is 2.95. The van der Waals surface area contributed by atoms with E-state index in [2.05, 4.69) is 0 Å². The van der Waals surface area contributed by atoms with Gasteiger partial charge in [0.05, 0.1) is 0 Å². The molecule has 0 saturated heterocycles. The maximum Gasteiger partial charge on any atom is 0.318 e. The first-order valence-electron chi connectivity index (χ1n) is 4.49. The standard InChI is InChI=1S/C9H14O4/c1-5(6-3-2-4-6)7(8(10)11)9(12)13/h5-7H,2-4H2,1H3,(H,10,11)(H,12,13). The van der Waals surface area contributed by atoms with E-state index in [1.165, 1.54) is 0 Å². The van der Waals surface area contributed by atoms with Gasteiger partial charge in [0.15, 0.2) is 5.92 Å². The first-order chi connectivity index (χ1) is 6.04. The second-order valence-corrected chi connectivity index (χ2v) is 3.70. The summed E-state index contributed by atoms with van der Waals surface area (Å²) in [7, 11) is 0. The molecule has 1 rings (SSSR count). The third kappa shape index (κ3) is 1.99. The molecule has 74 valence electrons. The van der Waals surface area contributed by atoms with Crippen molar-refractivity contribution in [3.05, 3.63) is 0 Å². The molecular weight excluding hydrogens is 172 g/mol. The molecule has 0 amide bonds. The van der Waals surface area contributed by atoms with Gasteiger partial charge in [-0.3, -0.25) is 9.59 Å². The van der Waals surface area contributed by atoms with Gasteiger partial charge in [0.1, 0.15) is 0 Å². The average Bonchev–Trinajstić information content (AvgIpc) is 1.79. The highest BCUT2D eigenvalue weighted by Crippen LogP contribution is 2.37. The molecule has 0 radical (unpaired) electrons. The lowest BCUT2D eigenvalue weighted by atomic mass is 9.71. The molecule has 0 heterocycles. The van der Waals surface area contributed by atoms with E-state index in [-0.39, 0.29) is 11.8 Å². The normalized spacial score (nSPS) is 19.5. The summed E-state index contributed by atoms with van der Waals surface area (Å²) in [6, 6.07) is 0. The summed E-state index contributed by atoms with van der Waals surface area (Å²) in [5, 5.41) is 17.4. The molecule has 13 heavy (non-hydrogen) atoms. The van der Waals surface area contributed by atoms with Gasteiger partial charge in [-0.05, 0) is 11.8 Å². The quantitative estimate of drug-likeness (QED) is 0.647. The molecule has 1 aliphatic carbocycles. The number of rotatable bonds is 4. The zero-order valence-electron chi connectivity index (χ0n) is 7.56. The summed E-state index contributed by atoms with van der Waals surface area (Å²) in [4.78, 5) is 21.3. The van der Waals surface area contributed by atoms with E-state index >= 15 is 0 Å². The van der Waals surface area contributed by atoms with Crippen molar-refractivity contribution in [3.63, 3.8) is 0 Å². The Bertz CT molecular complexity index is 206. The average molecular weight is 186 g/mol. The van der Waals surface area contributed by atoms with Crippen LogP contribution in [0.4, 0.5) is 0 Å². The van der Waals surface area contributed by atoms with Crippen molar-refractivity contribution < 1.29 is 19.8 Å². The Labute approximate surface area is 76.6 Å². The number of carbonyl (C=O) groups is 2. The lowest BCUT2D eigenvalue weighted by molar-refractivity contribution is -0.158. The summed E-state index contributed by atoms with van der Waals surface area (Å²) >= 11 is 0. The third-order valence-corrected chi connectivity index (χ3v) is 2.95. The molecular formula is C9H14O4. The molecule has 0 spiro atoms. The van der Waals surface area contributed by atoms with Gasteiger partial charge in [0.25, 0.3) is 0 Å². The number of hydrogen-bond acceptors (Lipinski definition) is 2. The Morgan fingerprint density at radius 2 is 1.69 bits per heavy atom. The van der Waals surface area contributed by atoms with E-state index in [0.717, 1.165) is 19.3 Å². The van der Waals surface area contributed by atoms with Crippen LogP contribution in [0.1, 0.15) is 26.2 Å². The molecule has 0 aromatic carbocycles. The molecule has 2 N–H and O–H groups in total. The molecule has 1 unspecified atom stereocenters. The van der Waals surface area contributed by atoms with Gasteiger partial charge < -0.3 is 10.2 Å². The second-order valence-electron chi connectivity index (χ2n) is 3.70. The zero-order chi connectivity index (χ0) is 10.0. The Kier molecular flexibility index (Phi) is 2.90. The van der Waals surface area contributed by atoms with Crippen molar-refractivity contribution >= 4 is 11.9 Å². The van der Waals surface area contributed by atoms with Crippen LogP contribution in [0.5, 0.6) is 0 Å². The molecule has 1 fully saturated rings. The summed E-state index contributed by atoms with van der Waals surface area (Å²) in [6.45, 7) is 1.72. The number of carboxylic acids is 2. The zero-order valence-corrected chi connectivity index (χ0v) is 7.56. The van der Waals surface area contributed by atoms with Crippen LogP contribution in [-0.4, -0.2) is 22.2 Å². The molecule has 0 aliphatic heterocycles. The van der Waals surface area contributed by atoms with Gasteiger partial charge in [0, 0.05) is 0 Å². The summed E-state index contributed by atoms with van der Waals surface area (Å²) in [6.07, 6.45) is 3.04. The lowest BCUT2D eigenvalue weighted by Crippen LogP contribution is -2.36. The fourth-order valence-corrected chi connectivity index (χ4v) is 1.79. The predicted molar refractivity (Wildman–Crippen MR) is 45.3 cm³/mol. The minimum atomic E-state index is -1.23. The molecule has 1 aliphatic rings. The van der Waals surface area contributed by atoms with Gasteiger partial charge in [-0.25, -0.2) is 0 Å². The van der Waals surface area contributed by atoms with E-state index < -0.39 is 17.9 Å². The maximum atomic E-state index is 10.6. The Balaban J connectivity index is 2.62. The number of hydrogen-bond donors (Lipinski definition) is 2. The molecule has 4 heteroatoms. The van der Waals surface area contributed by atoms with E-state index in [0.29, 0.717) is 0 Å². The predicted octanol–water partition coefficient (Wildman–Crippen LogP) is 1.21. The fourth-order valence-electron chi connectivity index (χ4n) is 1.79. The number of aliphatic carboxylic acids is 2. The highest BCUT2D eigenvalue weighted by Gasteiger charge is 2.38. The number of carboxylic acid groups (broad SMARTS) is 2. The first kappa shape index (κ1) is 10.0. The smallest absolute Gasteiger partial charge is 0.318 e. The summed E-state index contributed by atoms with van der Waals surface area (Å²) in [5.41, 5.74) is 0. The molecule has 0 aromatic heterocycles. The summed E-state index contributed by atoms with van der Waals surface area (Å²) in [5.74, 6) is -3.62. The molecule has 0 aromatic rings. The van der Waals surface area contributed by atoms with Crippen molar-refractivity contribution in [2.24, 2.45) is 17.8 Å². The van der Waals surface area contributed by atoms with E-state index in [9.17, 15) is 9.59 Å². The van der Waals surface area contributed by atoms with Crippen LogP contribution in [0.15, 0.2) is 0 Å². The topological polar surface area (TPSA) is 74.6 Å². The van der Waals surface area contributed by atoms with E-state index in [1.54, 1.807) is 6.92 Å². The Morgan fingerprint density at radius 3 is 1.92 bits per heavy atom. The lowest BCUT2D eigenvalue weighted by Gasteiger charge is -2.33. The highest BCUT2D eigenvalue weighted by atomic mass is 16.4. The SMILES string of the molecule is CC(C1CCC1)C(C(=O)O)C(=O)O. The first-order valence-corrected chi connectivity index (χ1v) is 4.49. The summed E-state index contributed by atoms with van der Waals surface area (Å²) < 4.78 is 0. The van der Waals surface area contributed by atoms with Crippen LogP contribution in [-0.2, 0) is 9.59 Å². The van der Waals surface area contributed by atoms with Crippen molar-refractivity contribution in [2.45, 2.75) is 26.2 Å². The minimum absolute atomic E-state index is 0.247. The Hall–Kier alpha value is -1.06. The molecule has 1 saturated carbocycles. The fraction of sp³-hybridized carbons (Fsp3) is 0.778. The van der Waals surface area contributed by atoms with Gasteiger partial charge in [-0.2, -0.15) is 0 Å². The van der Waals surface area contributed by atoms with Gasteiger partial charge in [-0.15, -0.1) is 0 Å². The second kappa shape index (κ2) is 3.77. The molecule has 1 atom stereocenters. The van der Waals surface area contributed by atoms with Crippen LogP contribution < -0.4 is 0 Å². The van der Waals surface area contributed by atoms with Gasteiger partial charge in [0.2, 0.25) is 0 Å². The highest BCUT2D eigenvalue weighted by molar-refractivity contribution is 5.93. The van der Waals surface area contributed by atoms with Crippen LogP contribution in [0.2, 0.25) is 0 Å². The van der Waals surface area contributed by atoms with Crippen molar-refractivity contribution in [3.8, 4) is 0 Å². The molecule has 0 bridgehead atoms. The van der Waals surface area contributed by atoms with Crippen molar-refractivity contribution in [2.75, 3.05) is 0 Å². The van der Waals surface area contributed by atoms with Crippen LogP contribution >= 0.6 is 0 Å². The van der Waals surface area contributed by atoms with Gasteiger partial charge in [-0.1, -0.05) is 26.2 Å². The van der Waals surface area contributed by atoms with Crippen LogP contribution in [0.25, 0.3) is 0 Å². The minimum Gasteiger partial charge on any atom is -0.481 e. The maximum absolute atomic E-state index is 10.6. The van der Waals surface area contributed by atoms with E-state index in [4.69, 9.17) is 10.2 Å². The largest absolute Gasteiger partial charge is 0.481 e. The van der Waals surface area contributed by atoms with E-state index in [1.807, 2.05) is 0 Å².